The van der Waals surface area contributed by atoms with E-state index in [1.807, 2.05) is 0 Å². The molecule has 0 bridgehead atoms. The maximum atomic E-state index is 12.9. The van der Waals surface area contributed by atoms with Gasteiger partial charge in [0.2, 0.25) is 0 Å². The van der Waals surface area contributed by atoms with E-state index in [9.17, 15) is 14.4 Å². The molecule has 0 aromatic heterocycles. The van der Waals surface area contributed by atoms with Gasteiger partial charge in [0.25, 0.3) is 0 Å². The van der Waals surface area contributed by atoms with Crippen molar-refractivity contribution in [2.45, 2.75) is 252 Å². The van der Waals surface area contributed by atoms with Crippen LogP contribution in [-0.4, -0.2) is 37.2 Å². The number of allylic oxidation sites excluding steroid dienone is 32. The molecule has 0 aliphatic heterocycles. The van der Waals surface area contributed by atoms with E-state index >= 15 is 0 Å². The Balaban J connectivity index is 4.40. The van der Waals surface area contributed by atoms with Gasteiger partial charge in [0.1, 0.15) is 13.2 Å². The van der Waals surface area contributed by atoms with Gasteiger partial charge in [-0.1, -0.05) is 260 Å². The van der Waals surface area contributed by atoms with Crippen molar-refractivity contribution in [3.63, 3.8) is 0 Å². The zero-order chi connectivity index (χ0) is 59.2. The molecular weight excluding hydrogens is 1010 g/mol. The van der Waals surface area contributed by atoms with E-state index in [1.54, 1.807) is 0 Å². The summed E-state index contributed by atoms with van der Waals surface area (Å²) in [5.74, 6) is -1.01. The van der Waals surface area contributed by atoms with Gasteiger partial charge in [-0.2, -0.15) is 0 Å². The lowest BCUT2D eigenvalue weighted by Gasteiger charge is -2.18. The molecule has 0 saturated heterocycles. The van der Waals surface area contributed by atoms with Crippen molar-refractivity contribution in [3.05, 3.63) is 194 Å². The first-order valence-corrected chi connectivity index (χ1v) is 32.4. The van der Waals surface area contributed by atoms with Gasteiger partial charge in [-0.15, -0.1) is 0 Å². The van der Waals surface area contributed by atoms with E-state index in [4.69, 9.17) is 14.2 Å². The van der Waals surface area contributed by atoms with E-state index in [-0.39, 0.29) is 37.5 Å². The Morgan fingerprint density at radius 2 is 0.476 bits per heavy atom. The third kappa shape index (κ3) is 65.1. The van der Waals surface area contributed by atoms with E-state index in [1.165, 1.54) is 19.3 Å². The Morgan fingerprint density at radius 1 is 0.256 bits per heavy atom. The first kappa shape index (κ1) is 76.2. The summed E-state index contributed by atoms with van der Waals surface area (Å²) in [5, 5.41) is 0. The number of carbonyl (C=O) groups excluding carboxylic acids is 3. The Labute approximate surface area is 503 Å². The maximum absolute atomic E-state index is 12.9. The predicted molar refractivity (Wildman–Crippen MR) is 357 cm³/mol. The van der Waals surface area contributed by atoms with Crippen LogP contribution in [0, 0.1) is 0 Å². The Hall–Kier alpha value is -5.75. The fourth-order valence-electron chi connectivity index (χ4n) is 8.01. The monoisotopic (exact) mass is 1120 g/mol. The highest BCUT2D eigenvalue weighted by Gasteiger charge is 2.19. The molecule has 82 heavy (non-hydrogen) atoms. The summed E-state index contributed by atoms with van der Waals surface area (Å²) in [7, 11) is 0. The van der Waals surface area contributed by atoms with Crippen molar-refractivity contribution >= 4 is 17.9 Å². The van der Waals surface area contributed by atoms with Crippen LogP contribution in [0.3, 0.4) is 0 Å². The number of unbranched alkanes of at least 4 members (excludes halogenated alkanes) is 13. The van der Waals surface area contributed by atoms with Crippen LogP contribution >= 0.6 is 0 Å². The molecule has 0 rings (SSSR count). The summed E-state index contributed by atoms with van der Waals surface area (Å²) in [4.78, 5) is 38.2. The molecule has 0 fully saturated rings. The number of hydrogen-bond acceptors (Lipinski definition) is 6. The van der Waals surface area contributed by atoms with Crippen molar-refractivity contribution in [3.8, 4) is 0 Å². The minimum Gasteiger partial charge on any atom is -0.462 e. The van der Waals surface area contributed by atoms with E-state index < -0.39 is 6.10 Å². The molecule has 456 valence electrons. The largest absolute Gasteiger partial charge is 0.462 e. The van der Waals surface area contributed by atoms with E-state index in [0.717, 1.165) is 180 Å². The number of hydrogen-bond donors (Lipinski definition) is 0. The summed E-state index contributed by atoms with van der Waals surface area (Å²) in [6.45, 7) is 6.28. The van der Waals surface area contributed by atoms with Gasteiger partial charge in [-0.05, 0) is 161 Å². The van der Waals surface area contributed by atoms with Crippen molar-refractivity contribution in [2.75, 3.05) is 13.2 Å². The highest BCUT2D eigenvalue weighted by atomic mass is 16.6. The lowest BCUT2D eigenvalue weighted by Crippen LogP contribution is -2.30. The topological polar surface area (TPSA) is 78.9 Å². The lowest BCUT2D eigenvalue weighted by atomic mass is 10.1. The third-order valence-electron chi connectivity index (χ3n) is 12.8. The van der Waals surface area contributed by atoms with Crippen molar-refractivity contribution in [2.24, 2.45) is 0 Å². The van der Waals surface area contributed by atoms with Crippen LogP contribution in [0.1, 0.15) is 245 Å². The van der Waals surface area contributed by atoms with Gasteiger partial charge in [0.05, 0.1) is 0 Å². The molecule has 6 heteroatoms. The molecule has 6 nitrogen and oxygen atoms in total. The highest BCUT2D eigenvalue weighted by Crippen LogP contribution is 2.12. The quantitative estimate of drug-likeness (QED) is 0.0261. The van der Waals surface area contributed by atoms with Crippen molar-refractivity contribution < 1.29 is 28.6 Å². The third-order valence-corrected chi connectivity index (χ3v) is 12.8. The number of ether oxygens (including phenoxy) is 3. The zero-order valence-electron chi connectivity index (χ0n) is 52.2. The summed E-state index contributed by atoms with van der Waals surface area (Å²) in [5.41, 5.74) is 0. The molecule has 1 atom stereocenters. The van der Waals surface area contributed by atoms with Gasteiger partial charge in [0.15, 0.2) is 6.10 Å². The average Bonchev–Trinajstić information content (AvgIpc) is 3.48. The Kier molecular flexibility index (Phi) is 63.0. The molecule has 0 amide bonds. The molecule has 0 N–H and O–H groups in total. The first-order valence-electron chi connectivity index (χ1n) is 32.4. The Morgan fingerprint density at radius 3 is 0.768 bits per heavy atom. The smallest absolute Gasteiger partial charge is 0.306 e. The van der Waals surface area contributed by atoms with Crippen LogP contribution in [0.4, 0.5) is 0 Å². The average molecular weight is 1130 g/mol. The fraction of sp³-hybridized carbons (Fsp3) is 0.539. The van der Waals surface area contributed by atoms with Crippen LogP contribution in [-0.2, 0) is 28.6 Å². The van der Waals surface area contributed by atoms with Crippen molar-refractivity contribution in [1.82, 2.24) is 0 Å². The molecule has 0 saturated carbocycles. The summed E-state index contributed by atoms with van der Waals surface area (Å²) >= 11 is 0. The molecule has 0 spiro atoms. The van der Waals surface area contributed by atoms with Crippen molar-refractivity contribution in [1.29, 1.82) is 0 Å². The SMILES string of the molecule is CC/C=C\C/C=C\C/C=C\C/C=C\C/C=C\C/C=C\C/C=C\C/C=C\C/C=C\C/C=C\CCCCCCC(=O)OCC(COC(=O)CCCCCCC/C=C\C/C=C\CCCC)OC(=O)CCCC/C=C\C/C=C\C/C=C\C/C=C\CC. The molecule has 1 unspecified atom stereocenters. The van der Waals surface area contributed by atoms with Crippen LogP contribution < -0.4 is 0 Å². The molecule has 0 aliphatic rings. The van der Waals surface area contributed by atoms with Crippen LogP contribution in [0.5, 0.6) is 0 Å². The van der Waals surface area contributed by atoms with Crippen LogP contribution in [0.2, 0.25) is 0 Å². The van der Waals surface area contributed by atoms with E-state index in [2.05, 4.69) is 215 Å². The number of rotatable bonds is 56. The van der Waals surface area contributed by atoms with Gasteiger partial charge in [0, 0.05) is 19.3 Å². The van der Waals surface area contributed by atoms with Crippen LogP contribution in [0.25, 0.3) is 0 Å². The molecule has 0 heterocycles. The second kappa shape index (κ2) is 67.8. The minimum atomic E-state index is -0.828. The standard InChI is InChI=1S/C76H116O6/c1-4-7-10-13-16-19-22-25-28-29-30-31-32-33-34-35-36-37-38-39-40-41-42-43-44-45-46-47-49-51-54-57-60-63-66-69-75(78)81-72-73(71-80-74(77)68-65-62-59-56-53-50-27-24-21-18-15-12-9-6-3)82-76(79)70-67-64-61-58-55-52-48-26-23-20-17-14-11-8-5-2/h7-8,10-11,15-20,24-28,30-31,33-34,36-37,39-40,42-43,45-46,48-49,51,55,58,73H,4-6,9,12-14,21-23,29,32,35,38,41,44,47,50,52-54,56-57,59-72H2,1-3H3/b10-7-,11-8-,18-15-,19-16-,20-17-,27-24-,28-25-,31-30-,34-33-,37-36-,40-39-,43-42-,46-45-,48-26-,51-49-,58-55-. The summed E-state index contributed by atoms with van der Waals surface area (Å²) in [6, 6.07) is 0. The van der Waals surface area contributed by atoms with Gasteiger partial charge < -0.3 is 14.2 Å². The molecule has 0 aliphatic carbocycles. The molecular formula is C76H116O6. The fourth-order valence-corrected chi connectivity index (χ4v) is 8.01. The van der Waals surface area contributed by atoms with Gasteiger partial charge >= 0.3 is 17.9 Å². The van der Waals surface area contributed by atoms with Gasteiger partial charge in [-0.25, -0.2) is 0 Å². The second-order valence-corrected chi connectivity index (χ2v) is 20.5. The predicted octanol–water partition coefficient (Wildman–Crippen LogP) is 22.6. The maximum Gasteiger partial charge on any atom is 0.306 e. The summed E-state index contributed by atoms with van der Waals surface area (Å²) in [6.07, 6.45) is 103. The second-order valence-electron chi connectivity index (χ2n) is 20.5. The normalized spacial score (nSPS) is 13.5. The van der Waals surface area contributed by atoms with Gasteiger partial charge in [-0.3, -0.25) is 14.4 Å². The van der Waals surface area contributed by atoms with Crippen LogP contribution in [0.15, 0.2) is 194 Å². The lowest BCUT2D eigenvalue weighted by molar-refractivity contribution is -0.167. The molecule has 0 aromatic rings. The Bertz CT molecular complexity index is 1970. The minimum absolute atomic E-state index is 0.120. The zero-order valence-corrected chi connectivity index (χ0v) is 52.2. The molecule has 0 aromatic carbocycles. The first-order chi connectivity index (χ1) is 40.5. The highest BCUT2D eigenvalue weighted by molar-refractivity contribution is 5.71. The summed E-state index contributed by atoms with van der Waals surface area (Å²) < 4.78 is 16.8. The molecule has 0 radical (unpaired) electrons. The van der Waals surface area contributed by atoms with E-state index in [0.29, 0.717) is 19.3 Å². The number of esters is 3. The number of carbonyl (C=O) groups is 3.